The van der Waals surface area contributed by atoms with Gasteiger partial charge in [-0.25, -0.2) is 13.2 Å². The van der Waals surface area contributed by atoms with Gasteiger partial charge >= 0.3 is 5.97 Å². The van der Waals surface area contributed by atoms with E-state index in [0.29, 0.717) is 22.5 Å². The number of nitrogens with one attached hydrogen (secondary N) is 1. The van der Waals surface area contributed by atoms with E-state index in [9.17, 15) is 18.0 Å². The standard InChI is InChI=1S/C26H30Cl2N2O5S/c1-4-14-30(21-11-9-20(27)10-12-21)36(33,34)24-15-19(8-13-22(24)28)26(32)35-16-25(31)29-23-7-5-6-17(2)18(23)3/h4,8-13,15,17-18,23H,1,5-7,14,16H2,2-3H3,(H,29,31)/t17-,18+,23+/m0/s1. The minimum Gasteiger partial charge on any atom is -0.452 e. The number of amides is 1. The third-order valence-electron chi connectivity index (χ3n) is 6.53. The first kappa shape index (κ1) is 28.0. The van der Waals surface area contributed by atoms with Crippen LogP contribution in [0.25, 0.3) is 0 Å². The Morgan fingerprint density at radius 1 is 1.14 bits per heavy atom. The summed E-state index contributed by atoms with van der Waals surface area (Å²) in [5.41, 5.74) is 0.311. The molecule has 1 fully saturated rings. The monoisotopic (exact) mass is 552 g/mol. The van der Waals surface area contributed by atoms with Crippen LogP contribution in [-0.2, 0) is 19.6 Å². The molecule has 194 valence electrons. The summed E-state index contributed by atoms with van der Waals surface area (Å²) in [5.74, 6) is -0.378. The van der Waals surface area contributed by atoms with E-state index in [2.05, 4.69) is 25.7 Å². The Bertz CT molecular complexity index is 1220. The van der Waals surface area contributed by atoms with E-state index in [1.165, 1.54) is 18.2 Å². The van der Waals surface area contributed by atoms with Crippen LogP contribution in [0.1, 0.15) is 43.5 Å². The van der Waals surface area contributed by atoms with E-state index in [4.69, 9.17) is 27.9 Å². The topological polar surface area (TPSA) is 92.8 Å². The zero-order valence-corrected chi connectivity index (χ0v) is 22.6. The molecule has 0 bridgehead atoms. The minimum atomic E-state index is -4.18. The molecular weight excluding hydrogens is 523 g/mol. The molecule has 0 spiro atoms. The van der Waals surface area contributed by atoms with Crippen molar-refractivity contribution in [3.8, 4) is 0 Å². The smallest absolute Gasteiger partial charge is 0.338 e. The molecule has 36 heavy (non-hydrogen) atoms. The van der Waals surface area contributed by atoms with Crippen LogP contribution in [0.3, 0.4) is 0 Å². The summed E-state index contributed by atoms with van der Waals surface area (Å²) < 4.78 is 33.3. The molecule has 0 radical (unpaired) electrons. The maximum absolute atomic E-state index is 13.5. The van der Waals surface area contributed by atoms with Gasteiger partial charge in [0.15, 0.2) is 6.61 Å². The van der Waals surface area contributed by atoms with Crippen LogP contribution in [0.15, 0.2) is 60.0 Å². The normalized spacial score (nSPS) is 19.8. The lowest BCUT2D eigenvalue weighted by Crippen LogP contribution is -2.45. The molecular formula is C26H30Cl2N2O5S. The number of anilines is 1. The van der Waals surface area contributed by atoms with Crippen LogP contribution in [0, 0.1) is 11.8 Å². The van der Waals surface area contributed by atoms with Gasteiger partial charge in [-0.2, -0.15) is 0 Å². The molecule has 1 saturated carbocycles. The average molecular weight is 554 g/mol. The van der Waals surface area contributed by atoms with Gasteiger partial charge in [0.05, 0.1) is 22.8 Å². The van der Waals surface area contributed by atoms with Crippen molar-refractivity contribution in [2.75, 3.05) is 17.5 Å². The van der Waals surface area contributed by atoms with Crippen LogP contribution in [0.4, 0.5) is 5.69 Å². The fraction of sp³-hybridized carbons (Fsp3) is 0.385. The van der Waals surface area contributed by atoms with Crippen molar-refractivity contribution in [2.24, 2.45) is 11.8 Å². The molecule has 3 rings (SSSR count). The molecule has 1 aliphatic rings. The fourth-order valence-corrected chi connectivity index (χ4v) is 6.33. The number of carbonyl (C=O) groups is 2. The van der Waals surface area contributed by atoms with Crippen LogP contribution < -0.4 is 9.62 Å². The molecule has 0 aliphatic heterocycles. The number of esters is 1. The molecule has 0 heterocycles. The SMILES string of the molecule is C=CCN(c1ccc(Cl)cc1)S(=O)(=O)c1cc(C(=O)OCC(=O)N[C@@H]2CCC[C@H](C)[C@H]2C)ccc1Cl. The Balaban J connectivity index is 1.75. The lowest BCUT2D eigenvalue weighted by Gasteiger charge is -2.34. The van der Waals surface area contributed by atoms with E-state index >= 15 is 0 Å². The third kappa shape index (κ3) is 6.60. The Hall–Kier alpha value is -2.55. The molecule has 0 aromatic heterocycles. The summed E-state index contributed by atoms with van der Waals surface area (Å²) in [6.07, 6.45) is 4.49. The summed E-state index contributed by atoms with van der Waals surface area (Å²) in [5, 5.41) is 3.33. The van der Waals surface area contributed by atoms with Crippen molar-refractivity contribution in [1.82, 2.24) is 5.32 Å². The van der Waals surface area contributed by atoms with Crippen molar-refractivity contribution >= 4 is 50.8 Å². The summed E-state index contributed by atoms with van der Waals surface area (Å²) in [4.78, 5) is 24.8. The summed E-state index contributed by atoms with van der Waals surface area (Å²) >= 11 is 12.2. The Kier molecular flexibility index (Phi) is 9.44. The molecule has 10 heteroatoms. The van der Waals surface area contributed by atoms with Gasteiger partial charge in [-0.15, -0.1) is 6.58 Å². The maximum atomic E-state index is 13.5. The van der Waals surface area contributed by atoms with Gasteiger partial charge in [0, 0.05) is 11.1 Å². The number of rotatable bonds is 9. The van der Waals surface area contributed by atoms with Crippen LogP contribution in [0.5, 0.6) is 0 Å². The first-order valence-corrected chi connectivity index (χ1v) is 13.9. The second-order valence-electron chi connectivity index (χ2n) is 8.96. The summed E-state index contributed by atoms with van der Waals surface area (Å²) in [6.45, 7) is 7.41. The van der Waals surface area contributed by atoms with Gasteiger partial charge in [0.1, 0.15) is 4.90 Å². The van der Waals surface area contributed by atoms with Crippen molar-refractivity contribution in [1.29, 1.82) is 0 Å². The van der Waals surface area contributed by atoms with Crippen LogP contribution >= 0.6 is 23.2 Å². The minimum absolute atomic E-state index is 0.0344. The van der Waals surface area contributed by atoms with Gasteiger partial charge in [0.2, 0.25) is 0 Å². The number of hydrogen-bond acceptors (Lipinski definition) is 5. The number of ether oxygens (including phenoxy) is 1. The highest BCUT2D eigenvalue weighted by Crippen LogP contribution is 2.31. The lowest BCUT2D eigenvalue weighted by molar-refractivity contribution is -0.125. The highest BCUT2D eigenvalue weighted by molar-refractivity contribution is 7.93. The zero-order valence-electron chi connectivity index (χ0n) is 20.2. The summed E-state index contributed by atoms with van der Waals surface area (Å²) in [6, 6.07) is 10.1. The maximum Gasteiger partial charge on any atom is 0.338 e. The lowest BCUT2D eigenvalue weighted by atomic mass is 9.78. The van der Waals surface area contributed by atoms with E-state index in [1.807, 2.05) is 0 Å². The van der Waals surface area contributed by atoms with E-state index in [-0.39, 0.29) is 28.1 Å². The molecule has 1 amide bonds. The fourth-order valence-electron chi connectivity index (χ4n) is 4.26. The highest BCUT2D eigenvalue weighted by Gasteiger charge is 2.30. The molecule has 0 unspecified atom stereocenters. The largest absolute Gasteiger partial charge is 0.452 e. The van der Waals surface area contributed by atoms with Crippen molar-refractivity contribution < 1.29 is 22.7 Å². The molecule has 0 saturated heterocycles. The zero-order chi connectivity index (χ0) is 26.5. The van der Waals surface area contributed by atoms with Gasteiger partial charge in [-0.1, -0.05) is 56.0 Å². The molecule has 2 aromatic rings. The summed E-state index contributed by atoms with van der Waals surface area (Å²) in [7, 11) is -4.18. The molecule has 1 N–H and O–H groups in total. The van der Waals surface area contributed by atoms with Crippen LogP contribution in [0.2, 0.25) is 10.0 Å². The number of halogens is 2. The van der Waals surface area contributed by atoms with Gasteiger partial charge in [0.25, 0.3) is 15.9 Å². The Morgan fingerprint density at radius 3 is 2.50 bits per heavy atom. The molecule has 7 nitrogen and oxygen atoms in total. The van der Waals surface area contributed by atoms with E-state index in [1.54, 1.807) is 24.3 Å². The highest BCUT2D eigenvalue weighted by atomic mass is 35.5. The Morgan fingerprint density at radius 2 is 1.83 bits per heavy atom. The second-order valence-corrected chi connectivity index (χ2v) is 11.6. The van der Waals surface area contributed by atoms with Gasteiger partial charge in [-0.3, -0.25) is 9.10 Å². The van der Waals surface area contributed by atoms with E-state index < -0.39 is 28.5 Å². The Labute approximate surface area is 222 Å². The predicted molar refractivity (Wildman–Crippen MR) is 142 cm³/mol. The van der Waals surface area contributed by atoms with Crippen molar-refractivity contribution in [3.63, 3.8) is 0 Å². The molecule has 1 aliphatic carbocycles. The first-order valence-electron chi connectivity index (χ1n) is 11.7. The quantitative estimate of drug-likeness (QED) is 0.328. The van der Waals surface area contributed by atoms with Crippen molar-refractivity contribution in [2.45, 2.75) is 44.0 Å². The van der Waals surface area contributed by atoms with Crippen LogP contribution in [-0.4, -0.2) is 39.5 Å². The van der Waals surface area contributed by atoms with Gasteiger partial charge < -0.3 is 10.1 Å². The number of sulfonamides is 1. The number of benzene rings is 2. The number of carbonyl (C=O) groups excluding carboxylic acids is 2. The molecule has 3 atom stereocenters. The number of nitrogens with zero attached hydrogens (tertiary/aromatic N) is 1. The predicted octanol–water partition coefficient (Wildman–Crippen LogP) is 5.47. The van der Waals surface area contributed by atoms with E-state index in [0.717, 1.165) is 29.6 Å². The molecule has 2 aromatic carbocycles. The van der Waals surface area contributed by atoms with Crippen molar-refractivity contribution in [3.05, 3.63) is 70.7 Å². The second kappa shape index (κ2) is 12.1. The average Bonchev–Trinajstić information content (AvgIpc) is 2.84. The first-order chi connectivity index (χ1) is 17.0. The number of hydrogen-bond donors (Lipinski definition) is 1. The van der Waals surface area contributed by atoms with Gasteiger partial charge in [-0.05, 0) is 60.7 Å². The third-order valence-corrected chi connectivity index (χ3v) is 9.06.